The van der Waals surface area contributed by atoms with Crippen molar-refractivity contribution in [3.05, 3.63) is 54.1 Å². The fraction of sp³-hybridized carbons (Fsp3) is 0.545. The average Bonchev–Trinajstić information content (AvgIpc) is 3.20. The van der Waals surface area contributed by atoms with Crippen LogP contribution in [0.3, 0.4) is 0 Å². The molecule has 2 N–H and O–H groups in total. The van der Waals surface area contributed by atoms with Crippen LogP contribution in [0.4, 0.5) is 0 Å². The van der Waals surface area contributed by atoms with E-state index in [-0.39, 0.29) is 35.8 Å². The molecule has 0 aliphatic carbocycles. The molecule has 0 amide bonds. The largest absolute Gasteiger partial charge is 0.357 e. The first-order chi connectivity index (χ1) is 15.0. The van der Waals surface area contributed by atoms with Crippen molar-refractivity contribution in [1.29, 1.82) is 0 Å². The van der Waals surface area contributed by atoms with E-state index in [1.54, 1.807) is 10.5 Å². The summed E-state index contributed by atoms with van der Waals surface area (Å²) < 4.78 is 28.3. The maximum atomic E-state index is 12.3. The van der Waals surface area contributed by atoms with Gasteiger partial charge in [-0.05, 0) is 31.7 Å². The lowest BCUT2D eigenvalue weighted by molar-refractivity contribution is 0.306. The Hall–Kier alpha value is -1.66. The Kier molecular flexibility index (Phi) is 10.9. The van der Waals surface area contributed by atoms with E-state index in [9.17, 15) is 8.42 Å². The molecule has 1 aromatic heterocycles. The molecule has 0 atom stereocenters. The molecule has 1 aromatic carbocycles. The molecular formula is C22H35IN6O2S. The standard InChI is InChI=1S/C22H34N6O2S.HI/c1-3-16-31(29,30)28-13-10-20(11-14-28)26-22(23-4-2)25-17-21-24-12-15-27(21)18-19-8-6-5-7-9-19;/h5-9,12,15,20H,3-4,10-11,13-14,16-18H2,1-2H3,(H2,23,25,26);1H. The number of aliphatic imine (C=N–C) groups is 1. The zero-order valence-corrected chi connectivity index (χ0v) is 22.1. The van der Waals surface area contributed by atoms with Crippen LogP contribution in [0, 0.1) is 0 Å². The summed E-state index contributed by atoms with van der Waals surface area (Å²) >= 11 is 0. The number of piperidine rings is 1. The minimum absolute atomic E-state index is 0. The Morgan fingerprint density at radius 3 is 2.56 bits per heavy atom. The highest BCUT2D eigenvalue weighted by molar-refractivity contribution is 14.0. The highest BCUT2D eigenvalue weighted by Gasteiger charge is 2.27. The normalized spacial score (nSPS) is 15.9. The number of halogens is 1. The van der Waals surface area contributed by atoms with Gasteiger partial charge in [-0.3, -0.25) is 0 Å². The Bertz CT molecular complexity index is 940. The van der Waals surface area contributed by atoms with Gasteiger partial charge in [0.1, 0.15) is 12.4 Å². The summed E-state index contributed by atoms with van der Waals surface area (Å²) in [6.45, 7) is 7.04. The predicted octanol–water partition coefficient (Wildman–Crippen LogP) is 2.81. The van der Waals surface area contributed by atoms with Gasteiger partial charge in [-0.2, -0.15) is 0 Å². The monoisotopic (exact) mass is 574 g/mol. The van der Waals surface area contributed by atoms with Gasteiger partial charge in [-0.15, -0.1) is 24.0 Å². The Labute approximate surface area is 209 Å². The van der Waals surface area contributed by atoms with Crippen LogP contribution >= 0.6 is 24.0 Å². The van der Waals surface area contributed by atoms with Crippen LogP contribution in [-0.2, 0) is 23.1 Å². The molecule has 1 fully saturated rings. The molecule has 0 unspecified atom stereocenters. The number of hydrogen-bond donors (Lipinski definition) is 2. The van der Waals surface area contributed by atoms with E-state index >= 15 is 0 Å². The summed E-state index contributed by atoms with van der Waals surface area (Å²) in [6, 6.07) is 10.5. The number of imidazole rings is 1. The number of guanidine groups is 1. The first-order valence-electron chi connectivity index (χ1n) is 11.1. The predicted molar refractivity (Wildman–Crippen MR) is 140 cm³/mol. The number of aromatic nitrogens is 2. The molecule has 32 heavy (non-hydrogen) atoms. The molecule has 0 bridgehead atoms. The number of nitrogens with zero attached hydrogens (tertiary/aromatic N) is 4. The minimum Gasteiger partial charge on any atom is -0.357 e. The van der Waals surface area contributed by atoms with Crippen molar-refractivity contribution in [1.82, 2.24) is 24.5 Å². The van der Waals surface area contributed by atoms with E-state index in [1.807, 2.05) is 38.2 Å². The summed E-state index contributed by atoms with van der Waals surface area (Å²) in [4.78, 5) is 9.20. The minimum atomic E-state index is -3.12. The molecule has 2 heterocycles. The third-order valence-corrected chi connectivity index (χ3v) is 7.45. The molecule has 2 aromatic rings. The Morgan fingerprint density at radius 2 is 1.91 bits per heavy atom. The van der Waals surface area contributed by atoms with E-state index in [0.29, 0.717) is 26.1 Å². The SMILES string of the molecule is CCCS(=O)(=O)N1CCC(NC(=NCc2nccn2Cc2ccccc2)NCC)CC1.I. The van der Waals surface area contributed by atoms with Crippen molar-refractivity contribution < 1.29 is 8.42 Å². The van der Waals surface area contributed by atoms with Crippen molar-refractivity contribution in [2.24, 2.45) is 4.99 Å². The van der Waals surface area contributed by atoms with Gasteiger partial charge >= 0.3 is 0 Å². The summed E-state index contributed by atoms with van der Waals surface area (Å²) in [7, 11) is -3.12. The topological polar surface area (TPSA) is 91.6 Å². The van der Waals surface area contributed by atoms with Gasteiger partial charge in [0.15, 0.2) is 5.96 Å². The number of sulfonamides is 1. The second-order valence-corrected chi connectivity index (χ2v) is 9.87. The second-order valence-electron chi connectivity index (χ2n) is 7.79. The maximum Gasteiger partial charge on any atom is 0.214 e. The highest BCUT2D eigenvalue weighted by Crippen LogP contribution is 2.15. The lowest BCUT2D eigenvalue weighted by Gasteiger charge is -2.32. The zero-order valence-electron chi connectivity index (χ0n) is 18.9. The number of hydrogen-bond acceptors (Lipinski definition) is 4. The van der Waals surface area contributed by atoms with E-state index in [2.05, 4.69) is 32.3 Å². The van der Waals surface area contributed by atoms with E-state index in [1.165, 1.54) is 5.56 Å². The highest BCUT2D eigenvalue weighted by atomic mass is 127. The fourth-order valence-electron chi connectivity index (χ4n) is 3.74. The van der Waals surface area contributed by atoms with Crippen molar-refractivity contribution >= 4 is 40.0 Å². The molecular weight excluding hydrogens is 539 g/mol. The smallest absolute Gasteiger partial charge is 0.214 e. The van der Waals surface area contributed by atoms with Gasteiger partial charge in [-0.1, -0.05) is 37.3 Å². The number of nitrogens with one attached hydrogen (secondary N) is 2. The first kappa shape index (κ1) is 26.6. The van der Waals surface area contributed by atoms with Crippen molar-refractivity contribution in [2.45, 2.75) is 52.2 Å². The van der Waals surface area contributed by atoms with Gasteiger partial charge in [-0.25, -0.2) is 22.7 Å². The molecule has 3 rings (SSSR count). The zero-order chi connectivity index (χ0) is 22.1. The fourth-order valence-corrected chi connectivity index (χ4v) is 5.29. The quantitative estimate of drug-likeness (QED) is 0.273. The van der Waals surface area contributed by atoms with Gasteiger partial charge < -0.3 is 15.2 Å². The third kappa shape index (κ3) is 7.73. The number of rotatable bonds is 9. The van der Waals surface area contributed by atoms with Crippen LogP contribution in [0.5, 0.6) is 0 Å². The van der Waals surface area contributed by atoms with Gasteiger partial charge in [0.25, 0.3) is 0 Å². The lowest BCUT2D eigenvalue weighted by Crippen LogP contribution is -2.50. The molecule has 0 spiro atoms. The van der Waals surface area contributed by atoms with Gasteiger partial charge in [0.2, 0.25) is 10.0 Å². The third-order valence-electron chi connectivity index (χ3n) is 5.37. The molecule has 1 aliphatic rings. The summed E-state index contributed by atoms with van der Waals surface area (Å²) in [5.41, 5.74) is 1.22. The molecule has 1 aliphatic heterocycles. The first-order valence-corrected chi connectivity index (χ1v) is 12.7. The van der Waals surface area contributed by atoms with E-state index in [0.717, 1.165) is 37.7 Å². The van der Waals surface area contributed by atoms with Gasteiger partial charge in [0, 0.05) is 44.6 Å². The average molecular weight is 575 g/mol. The van der Waals surface area contributed by atoms with Crippen LogP contribution in [0.1, 0.15) is 44.5 Å². The van der Waals surface area contributed by atoms with Crippen LogP contribution in [0.25, 0.3) is 0 Å². The van der Waals surface area contributed by atoms with E-state index < -0.39 is 10.0 Å². The molecule has 1 saturated heterocycles. The molecule has 178 valence electrons. The van der Waals surface area contributed by atoms with E-state index in [4.69, 9.17) is 4.99 Å². The molecule has 0 saturated carbocycles. The summed E-state index contributed by atoms with van der Waals surface area (Å²) in [6.07, 6.45) is 5.98. The number of benzene rings is 1. The van der Waals surface area contributed by atoms with Crippen molar-refractivity contribution in [2.75, 3.05) is 25.4 Å². The molecule has 10 heteroatoms. The van der Waals surface area contributed by atoms with Crippen LogP contribution in [0.2, 0.25) is 0 Å². The maximum absolute atomic E-state index is 12.3. The van der Waals surface area contributed by atoms with Crippen molar-refractivity contribution in [3.8, 4) is 0 Å². The summed E-state index contributed by atoms with van der Waals surface area (Å²) in [5, 5.41) is 6.77. The van der Waals surface area contributed by atoms with Crippen LogP contribution < -0.4 is 10.6 Å². The molecule has 8 nitrogen and oxygen atoms in total. The van der Waals surface area contributed by atoms with Gasteiger partial charge in [0.05, 0.1) is 5.75 Å². The Balaban J connectivity index is 0.00000363. The van der Waals surface area contributed by atoms with Crippen LogP contribution in [0.15, 0.2) is 47.7 Å². The summed E-state index contributed by atoms with van der Waals surface area (Å²) in [5.74, 6) is 1.87. The van der Waals surface area contributed by atoms with Crippen molar-refractivity contribution in [3.63, 3.8) is 0 Å². The lowest BCUT2D eigenvalue weighted by atomic mass is 10.1. The van der Waals surface area contributed by atoms with Crippen LogP contribution in [-0.4, -0.2) is 59.7 Å². The molecule has 0 radical (unpaired) electrons. The Morgan fingerprint density at radius 1 is 1.19 bits per heavy atom. The second kappa shape index (κ2) is 13.1.